The Morgan fingerprint density at radius 1 is 1.29 bits per heavy atom. The molecule has 0 amide bonds. The van der Waals surface area contributed by atoms with Crippen LogP contribution in [0.4, 0.5) is 0 Å². The number of rotatable bonds is 3. The number of hydrogen-bond acceptors (Lipinski definition) is 5. The highest BCUT2D eigenvalue weighted by atomic mass is 32.1. The summed E-state index contributed by atoms with van der Waals surface area (Å²) in [6.45, 7) is 4.01. The van der Waals surface area contributed by atoms with Crippen molar-refractivity contribution in [2.75, 3.05) is 0 Å². The predicted molar refractivity (Wildman–Crippen MR) is 85.2 cm³/mol. The van der Waals surface area contributed by atoms with E-state index in [-0.39, 0.29) is 17.5 Å². The van der Waals surface area contributed by atoms with Crippen molar-refractivity contribution in [2.45, 2.75) is 19.9 Å². The van der Waals surface area contributed by atoms with E-state index in [0.29, 0.717) is 16.0 Å². The summed E-state index contributed by atoms with van der Waals surface area (Å²) in [6.07, 6.45) is 3.47. The number of fused-ring (bicyclic) bond motifs is 1. The fraction of sp³-hybridized carbons (Fsp3) is 0.267. The molecule has 0 spiro atoms. The lowest BCUT2D eigenvalue weighted by molar-refractivity contribution is 0.491. The Bertz CT molecular complexity index is 823. The van der Waals surface area contributed by atoms with E-state index in [1.165, 1.54) is 11.3 Å². The zero-order valence-electron chi connectivity index (χ0n) is 11.8. The van der Waals surface area contributed by atoms with E-state index in [2.05, 4.69) is 15.0 Å². The maximum Gasteiger partial charge on any atom is 0.268 e. The molecule has 0 aliphatic rings. The summed E-state index contributed by atoms with van der Waals surface area (Å²) in [5, 5.41) is 0. The van der Waals surface area contributed by atoms with Crippen molar-refractivity contribution in [3.05, 3.63) is 46.8 Å². The molecule has 0 aliphatic carbocycles. The lowest BCUT2D eigenvalue weighted by Gasteiger charge is -2.13. The predicted octanol–water partition coefficient (Wildman–Crippen LogP) is 2.70. The normalized spacial score (nSPS) is 13.0. The summed E-state index contributed by atoms with van der Waals surface area (Å²) in [5.74, 6) is 0.755. The molecule has 3 heterocycles. The first-order valence-corrected chi connectivity index (χ1v) is 7.57. The Balaban J connectivity index is 2.14. The van der Waals surface area contributed by atoms with Gasteiger partial charge in [-0.05, 0) is 29.7 Å². The van der Waals surface area contributed by atoms with E-state index in [1.54, 1.807) is 12.4 Å². The first-order valence-electron chi connectivity index (χ1n) is 6.76. The maximum atomic E-state index is 12.2. The smallest absolute Gasteiger partial charge is 0.268 e. The molecule has 1 atom stereocenters. The highest BCUT2D eigenvalue weighted by Crippen LogP contribution is 2.30. The van der Waals surface area contributed by atoms with Crippen LogP contribution in [0.25, 0.3) is 20.7 Å². The van der Waals surface area contributed by atoms with Crippen molar-refractivity contribution in [1.29, 1.82) is 0 Å². The third-order valence-corrected chi connectivity index (χ3v) is 4.57. The third kappa shape index (κ3) is 2.59. The minimum atomic E-state index is -0.272. The van der Waals surface area contributed by atoms with Crippen LogP contribution >= 0.6 is 11.3 Å². The number of aromatic nitrogens is 3. The van der Waals surface area contributed by atoms with Gasteiger partial charge in [-0.3, -0.25) is 9.78 Å². The molecule has 3 rings (SSSR count). The Hall–Kier alpha value is -2.05. The number of nitrogens with one attached hydrogen (secondary N) is 1. The summed E-state index contributed by atoms with van der Waals surface area (Å²) in [7, 11) is 0. The van der Waals surface area contributed by atoms with Gasteiger partial charge in [-0.25, -0.2) is 4.98 Å². The molecule has 21 heavy (non-hydrogen) atoms. The molecule has 5 nitrogen and oxygen atoms in total. The van der Waals surface area contributed by atoms with Crippen LogP contribution in [0.5, 0.6) is 0 Å². The highest BCUT2D eigenvalue weighted by Gasteiger charge is 2.16. The van der Waals surface area contributed by atoms with Crippen LogP contribution in [0.2, 0.25) is 0 Å². The second-order valence-electron chi connectivity index (χ2n) is 5.28. The second kappa shape index (κ2) is 5.38. The summed E-state index contributed by atoms with van der Waals surface area (Å²) < 4.78 is 0.626. The number of H-pyrrole nitrogens is 1. The minimum absolute atomic E-state index is 0.128. The zero-order chi connectivity index (χ0) is 15.0. The van der Waals surface area contributed by atoms with Crippen LogP contribution in [0.15, 0.2) is 35.4 Å². The molecular formula is C15H16N4OS. The Labute approximate surface area is 125 Å². The van der Waals surface area contributed by atoms with Crippen molar-refractivity contribution in [2.24, 2.45) is 11.7 Å². The molecule has 3 aromatic heterocycles. The van der Waals surface area contributed by atoms with Gasteiger partial charge in [0.05, 0.1) is 11.6 Å². The fourth-order valence-corrected chi connectivity index (χ4v) is 3.09. The molecule has 0 saturated heterocycles. The van der Waals surface area contributed by atoms with E-state index in [9.17, 15) is 4.79 Å². The van der Waals surface area contributed by atoms with Crippen molar-refractivity contribution < 1.29 is 0 Å². The number of thiophene rings is 1. The Morgan fingerprint density at radius 2 is 2.00 bits per heavy atom. The van der Waals surface area contributed by atoms with Gasteiger partial charge in [0.25, 0.3) is 5.56 Å². The average Bonchev–Trinajstić information content (AvgIpc) is 2.92. The third-order valence-electron chi connectivity index (χ3n) is 3.40. The van der Waals surface area contributed by atoms with Crippen LogP contribution in [0, 0.1) is 5.92 Å². The molecule has 0 aliphatic heterocycles. The standard InChI is InChI=1S/C15H16N4OS/c1-8(2)12(16)14-18-10-7-11(9-3-5-17-6-4-9)21-13(10)15(20)19-14/h3-8,12H,16H2,1-2H3,(H,18,19,20). The van der Waals surface area contributed by atoms with Crippen molar-refractivity contribution in [3.8, 4) is 10.4 Å². The zero-order valence-corrected chi connectivity index (χ0v) is 12.6. The van der Waals surface area contributed by atoms with Gasteiger partial charge in [-0.2, -0.15) is 0 Å². The molecule has 6 heteroatoms. The van der Waals surface area contributed by atoms with Gasteiger partial charge in [0.2, 0.25) is 0 Å². The molecule has 0 saturated carbocycles. The molecule has 0 bridgehead atoms. The molecule has 1 unspecified atom stereocenters. The second-order valence-corrected chi connectivity index (χ2v) is 6.33. The molecule has 3 N–H and O–H groups in total. The first-order chi connectivity index (χ1) is 10.1. The summed E-state index contributed by atoms with van der Waals surface area (Å²) in [4.78, 5) is 24.5. The number of nitrogens with zero attached hydrogens (tertiary/aromatic N) is 2. The molecule has 0 radical (unpaired) electrons. The Kier molecular flexibility index (Phi) is 3.57. The van der Waals surface area contributed by atoms with E-state index < -0.39 is 0 Å². The monoisotopic (exact) mass is 300 g/mol. The molecule has 108 valence electrons. The number of pyridine rings is 1. The fourth-order valence-electron chi connectivity index (χ4n) is 2.09. The average molecular weight is 300 g/mol. The lowest BCUT2D eigenvalue weighted by atomic mass is 10.1. The van der Waals surface area contributed by atoms with Crippen molar-refractivity contribution in [3.63, 3.8) is 0 Å². The molecule has 0 aromatic carbocycles. The van der Waals surface area contributed by atoms with Crippen LogP contribution in [0.1, 0.15) is 25.7 Å². The van der Waals surface area contributed by atoms with Crippen LogP contribution in [-0.4, -0.2) is 15.0 Å². The van der Waals surface area contributed by atoms with Crippen molar-refractivity contribution in [1.82, 2.24) is 15.0 Å². The van der Waals surface area contributed by atoms with Gasteiger partial charge in [0, 0.05) is 17.3 Å². The largest absolute Gasteiger partial charge is 0.321 e. The topological polar surface area (TPSA) is 84.7 Å². The molecular weight excluding hydrogens is 284 g/mol. The SMILES string of the molecule is CC(C)C(N)c1nc2cc(-c3ccncc3)sc2c(=O)[nH]1. The van der Waals surface area contributed by atoms with Crippen LogP contribution in [-0.2, 0) is 0 Å². The van der Waals surface area contributed by atoms with Gasteiger partial charge in [0.1, 0.15) is 10.5 Å². The molecule has 0 fully saturated rings. The van der Waals surface area contributed by atoms with E-state index >= 15 is 0 Å². The van der Waals surface area contributed by atoms with Gasteiger partial charge in [-0.1, -0.05) is 13.8 Å². The van der Waals surface area contributed by atoms with Crippen LogP contribution < -0.4 is 11.3 Å². The minimum Gasteiger partial charge on any atom is -0.321 e. The van der Waals surface area contributed by atoms with Gasteiger partial charge < -0.3 is 10.7 Å². The van der Waals surface area contributed by atoms with Crippen LogP contribution in [0.3, 0.4) is 0 Å². The number of hydrogen-bond donors (Lipinski definition) is 2. The Morgan fingerprint density at radius 3 is 2.67 bits per heavy atom. The van der Waals surface area contributed by atoms with E-state index in [1.807, 2.05) is 32.0 Å². The lowest BCUT2D eigenvalue weighted by Crippen LogP contribution is -2.23. The van der Waals surface area contributed by atoms with Crippen molar-refractivity contribution >= 4 is 21.6 Å². The molecule has 3 aromatic rings. The quantitative estimate of drug-likeness (QED) is 0.779. The van der Waals surface area contributed by atoms with Gasteiger partial charge >= 0.3 is 0 Å². The van der Waals surface area contributed by atoms with E-state index in [4.69, 9.17) is 5.73 Å². The highest BCUT2D eigenvalue weighted by molar-refractivity contribution is 7.22. The first kappa shape index (κ1) is 13.9. The van der Waals surface area contributed by atoms with Gasteiger partial charge in [-0.15, -0.1) is 11.3 Å². The number of aromatic amines is 1. The number of nitrogens with two attached hydrogens (primary N) is 1. The summed E-state index contributed by atoms with van der Waals surface area (Å²) in [6, 6.07) is 5.49. The summed E-state index contributed by atoms with van der Waals surface area (Å²) >= 11 is 1.43. The van der Waals surface area contributed by atoms with E-state index in [0.717, 1.165) is 10.4 Å². The summed E-state index contributed by atoms with van der Waals surface area (Å²) in [5.41, 5.74) is 7.68. The van der Waals surface area contributed by atoms with Gasteiger partial charge in [0.15, 0.2) is 0 Å². The maximum absolute atomic E-state index is 12.2.